The first-order valence-electron chi connectivity index (χ1n) is 9.06. The SMILES string of the molecule is CCN(Cc1noc(C2CC2)n1)C(=O)c1ccc(-c2ccccc2)[nH]c1=O. The number of hydrogen-bond acceptors (Lipinski definition) is 5. The molecule has 27 heavy (non-hydrogen) atoms. The average Bonchev–Trinajstić information content (AvgIpc) is 3.45. The summed E-state index contributed by atoms with van der Waals surface area (Å²) >= 11 is 0. The zero-order valence-electron chi connectivity index (χ0n) is 15.0. The fourth-order valence-electron chi connectivity index (χ4n) is 2.92. The van der Waals surface area contributed by atoms with Crippen LogP contribution in [0.4, 0.5) is 0 Å². The third-order valence-corrected chi connectivity index (χ3v) is 4.64. The molecule has 1 aliphatic carbocycles. The molecule has 0 bridgehead atoms. The number of carbonyl (C=O) groups excluding carboxylic acids is 1. The fraction of sp³-hybridized carbons (Fsp3) is 0.300. The van der Waals surface area contributed by atoms with E-state index in [1.807, 2.05) is 37.3 Å². The van der Waals surface area contributed by atoms with Gasteiger partial charge in [0, 0.05) is 18.2 Å². The quantitative estimate of drug-likeness (QED) is 0.726. The van der Waals surface area contributed by atoms with Gasteiger partial charge in [-0.2, -0.15) is 4.98 Å². The summed E-state index contributed by atoms with van der Waals surface area (Å²) in [5.41, 5.74) is 1.25. The first-order valence-corrected chi connectivity index (χ1v) is 9.06. The highest BCUT2D eigenvalue weighted by Crippen LogP contribution is 2.38. The summed E-state index contributed by atoms with van der Waals surface area (Å²) in [7, 11) is 0. The van der Waals surface area contributed by atoms with E-state index >= 15 is 0 Å². The van der Waals surface area contributed by atoms with Crippen LogP contribution in [-0.4, -0.2) is 32.5 Å². The molecular weight excluding hydrogens is 344 g/mol. The minimum atomic E-state index is -0.411. The molecular formula is C20H20N4O3. The Balaban J connectivity index is 1.53. The lowest BCUT2D eigenvalue weighted by Gasteiger charge is -2.18. The van der Waals surface area contributed by atoms with Gasteiger partial charge in [0.15, 0.2) is 5.82 Å². The van der Waals surface area contributed by atoms with Gasteiger partial charge in [-0.15, -0.1) is 0 Å². The van der Waals surface area contributed by atoms with Crippen LogP contribution in [0.25, 0.3) is 11.3 Å². The normalized spacial score (nSPS) is 13.5. The van der Waals surface area contributed by atoms with Crippen molar-refractivity contribution >= 4 is 5.91 Å². The van der Waals surface area contributed by atoms with E-state index in [-0.39, 0.29) is 18.0 Å². The third-order valence-electron chi connectivity index (χ3n) is 4.64. The van der Waals surface area contributed by atoms with Crippen molar-refractivity contribution in [1.82, 2.24) is 20.0 Å². The average molecular weight is 364 g/mol. The maximum absolute atomic E-state index is 12.8. The highest BCUT2D eigenvalue weighted by Gasteiger charge is 2.30. The summed E-state index contributed by atoms with van der Waals surface area (Å²) in [5.74, 6) is 1.12. The van der Waals surface area contributed by atoms with Crippen LogP contribution in [-0.2, 0) is 6.54 Å². The molecule has 0 radical (unpaired) electrons. The van der Waals surface area contributed by atoms with Crippen molar-refractivity contribution < 1.29 is 9.32 Å². The zero-order chi connectivity index (χ0) is 18.8. The summed E-state index contributed by atoms with van der Waals surface area (Å²) in [5, 5.41) is 3.95. The van der Waals surface area contributed by atoms with Crippen molar-refractivity contribution in [2.24, 2.45) is 0 Å². The van der Waals surface area contributed by atoms with Gasteiger partial charge in [-0.1, -0.05) is 35.5 Å². The Morgan fingerprint density at radius 1 is 1.22 bits per heavy atom. The monoisotopic (exact) mass is 364 g/mol. The molecule has 0 atom stereocenters. The first-order chi connectivity index (χ1) is 13.2. The molecule has 1 amide bonds. The van der Waals surface area contributed by atoms with Crippen molar-refractivity contribution in [1.29, 1.82) is 0 Å². The van der Waals surface area contributed by atoms with Crippen molar-refractivity contribution in [3.63, 3.8) is 0 Å². The highest BCUT2D eigenvalue weighted by atomic mass is 16.5. The molecule has 1 aliphatic rings. The van der Waals surface area contributed by atoms with E-state index in [2.05, 4.69) is 15.1 Å². The number of hydrogen-bond donors (Lipinski definition) is 1. The van der Waals surface area contributed by atoms with Crippen LogP contribution in [0, 0.1) is 0 Å². The summed E-state index contributed by atoms with van der Waals surface area (Å²) < 4.78 is 5.24. The molecule has 3 aromatic rings. The molecule has 1 N–H and O–H groups in total. The Bertz CT molecular complexity index is 1010. The first kappa shape index (κ1) is 17.2. The van der Waals surface area contributed by atoms with Gasteiger partial charge in [0.25, 0.3) is 11.5 Å². The van der Waals surface area contributed by atoms with Crippen molar-refractivity contribution in [2.75, 3.05) is 6.54 Å². The molecule has 0 aliphatic heterocycles. The number of nitrogens with one attached hydrogen (secondary N) is 1. The topological polar surface area (TPSA) is 92.1 Å². The van der Waals surface area contributed by atoms with Crippen LogP contribution in [0.15, 0.2) is 51.8 Å². The molecule has 2 aromatic heterocycles. The van der Waals surface area contributed by atoms with Crippen LogP contribution in [0.3, 0.4) is 0 Å². The number of aromatic amines is 1. The molecule has 0 unspecified atom stereocenters. The van der Waals surface area contributed by atoms with Gasteiger partial charge in [-0.3, -0.25) is 9.59 Å². The van der Waals surface area contributed by atoms with Gasteiger partial charge in [0.2, 0.25) is 5.89 Å². The van der Waals surface area contributed by atoms with E-state index in [1.165, 1.54) is 4.90 Å². The van der Waals surface area contributed by atoms with E-state index < -0.39 is 5.56 Å². The summed E-state index contributed by atoms with van der Waals surface area (Å²) in [6.45, 7) is 2.50. The van der Waals surface area contributed by atoms with Gasteiger partial charge < -0.3 is 14.4 Å². The predicted octanol–water partition coefficient (Wildman–Crippen LogP) is 2.96. The molecule has 4 rings (SSSR count). The minimum absolute atomic E-state index is 0.0995. The standard InChI is InChI=1S/C20H20N4O3/c1-2-24(12-17-22-19(27-23-17)14-8-9-14)20(26)15-10-11-16(21-18(15)25)13-6-4-3-5-7-13/h3-7,10-11,14H,2,8-9,12H2,1H3,(H,21,25). The molecule has 0 saturated heterocycles. The lowest BCUT2D eigenvalue weighted by Crippen LogP contribution is -2.34. The van der Waals surface area contributed by atoms with Crippen LogP contribution < -0.4 is 5.56 Å². The minimum Gasteiger partial charge on any atom is -0.339 e. The summed E-state index contributed by atoms with van der Waals surface area (Å²) in [4.78, 5) is 34.0. The Morgan fingerprint density at radius 3 is 2.67 bits per heavy atom. The lowest BCUT2D eigenvalue weighted by molar-refractivity contribution is 0.0745. The second kappa shape index (κ2) is 7.19. The van der Waals surface area contributed by atoms with Gasteiger partial charge >= 0.3 is 0 Å². The van der Waals surface area contributed by atoms with E-state index in [0.29, 0.717) is 29.9 Å². The Hall–Kier alpha value is -3.22. The van der Waals surface area contributed by atoms with Crippen molar-refractivity contribution in [2.45, 2.75) is 32.2 Å². The number of benzene rings is 1. The van der Waals surface area contributed by atoms with Crippen molar-refractivity contribution in [3.8, 4) is 11.3 Å². The predicted molar refractivity (Wildman–Crippen MR) is 99.2 cm³/mol. The second-order valence-corrected chi connectivity index (χ2v) is 6.62. The number of aromatic nitrogens is 3. The summed E-state index contributed by atoms with van der Waals surface area (Å²) in [6, 6.07) is 12.8. The fourth-order valence-corrected chi connectivity index (χ4v) is 2.92. The van der Waals surface area contributed by atoms with E-state index in [0.717, 1.165) is 18.4 Å². The molecule has 1 aromatic carbocycles. The van der Waals surface area contributed by atoms with Gasteiger partial charge in [-0.05, 0) is 37.5 Å². The van der Waals surface area contributed by atoms with E-state index in [9.17, 15) is 9.59 Å². The van der Waals surface area contributed by atoms with Crippen LogP contribution in [0.1, 0.15) is 47.8 Å². The molecule has 1 fully saturated rings. The molecule has 138 valence electrons. The maximum atomic E-state index is 12.8. The number of H-pyrrole nitrogens is 1. The molecule has 2 heterocycles. The zero-order valence-corrected chi connectivity index (χ0v) is 15.0. The number of amides is 1. The van der Waals surface area contributed by atoms with Gasteiger partial charge in [0.05, 0.1) is 6.54 Å². The van der Waals surface area contributed by atoms with E-state index in [1.54, 1.807) is 12.1 Å². The van der Waals surface area contributed by atoms with E-state index in [4.69, 9.17) is 4.52 Å². The molecule has 0 spiro atoms. The van der Waals surface area contributed by atoms with Crippen LogP contribution in [0.2, 0.25) is 0 Å². The lowest BCUT2D eigenvalue weighted by atomic mass is 10.1. The van der Waals surface area contributed by atoms with Gasteiger partial charge in [-0.25, -0.2) is 0 Å². The van der Waals surface area contributed by atoms with Gasteiger partial charge in [0.1, 0.15) is 5.56 Å². The number of pyridine rings is 1. The second-order valence-electron chi connectivity index (χ2n) is 6.62. The maximum Gasteiger partial charge on any atom is 0.261 e. The number of rotatable bonds is 6. The number of nitrogens with zero attached hydrogens (tertiary/aromatic N) is 3. The highest BCUT2D eigenvalue weighted by molar-refractivity contribution is 5.94. The van der Waals surface area contributed by atoms with Crippen LogP contribution in [0.5, 0.6) is 0 Å². The Labute approximate surface area is 156 Å². The summed E-state index contributed by atoms with van der Waals surface area (Å²) in [6.07, 6.45) is 2.14. The van der Waals surface area contributed by atoms with Crippen molar-refractivity contribution in [3.05, 3.63) is 70.1 Å². The molecule has 1 saturated carbocycles. The Morgan fingerprint density at radius 2 is 2.00 bits per heavy atom. The third kappa shape index (κ3) is 3.67. The largest absolute Gasteiger partial charge is 0.339 e. The molecule has 7 nitrogen and oxygen atoms in total. The Kier molecular flexibility index (Phi) is 4.58. The van der Waals surface area contributed by atoms with Crippen LogP contribution >= 0.6 is 0 Å². The smallest absolute Gasteiger partial charge is 0.261 e. The number of carbonyl (C=O) groups is 1. The molecule has 7 heteroatoms.